The van der Waals surface area contributed by atoms with E-state index in [0.717, 1.165) is 50.1 Å². The number of ether oxygens (including phenoxy) is 2. The van der Waals surface area contributed by atoms with Gasteiger partial charge in [-0.2, -0.15) is 5.26 Å². The lowest BCUT2D eigenvalue weighted by Crippen LogP contribution is -2.23. The van der Waals surface area contributed by atoms with Crippen LogP contribution < -0.4 is 4.90 Å². The molecule has 0 N–H and O–H groups in total. The zero-order valence-corrected chi connectivity index (χ0v) is 14.9. The molecule has 0 fully saturated rings. The molecule has 1 aromatic carbocycles. The minimum absolute atomic E-state index is 0.259. The Balaban J connectivity index is 1.65. The number of fused-ring (bicyclic) bond motifs is 1. The van der Waals surface area contributed by atoms with Gasteiger partial charge in [0.15, 0.2) is 0 Å². The molecule has 5 heteroatoms. The molecule has 1 heterocycles. The number of hydrogen-bond donors (Lipinski definition) is 0. The van der Waals surface area contributed by atoms with Gasteiger partial charge in [0.25, 0.3) is 0 Å². The molecule has 0 saturated carbocycles. The van der Waals surface area contributed by atoms with Gasteiger partial charge in [0.2, 0.25) is 0 Å². The van der Waals surface area contributed by atoms with E-state index in [2.05, 4.69) is 11.0 Å². The molecular formula is C20H24N2O3. The number of anilines is 1. The van der Waals surface area contributed by atoms with Crippen molar-refractivity contribution in [3.63, 3.8) is 0 Å². The van der Waals surface area contributed by atoms with Gasteiger partial charge >= 0.3 is 5.97 Å². The van der Waals surface area contributed by atoms with E-state index in [1.165, 1.54) is 11.3 Å². The van der Waals surface area contributed by atoms with E-state index in [1.54, 1.807) is 7.11 Å². The first-order valence-corrected chi connectivity index (χ1v) is 8.90. The molecule has 1 aromatic rings. The molecule has 1 aliphatic carbocycles. The smallest absolute Gasteiger partial charge is 0.338 e. The van der Waals surface area contributed by atoms with Crippen molar-refractivity contribution in [2.45, 2.75) is 32.6 Å². The van der Waals surface area contributed by atoms with Crippen LogP contribution in [0.5, 0.6) is 0 Å². The normalized spacial score (nSPS) is 18.9. The van der Waals surface area contributed by atoms with Gasteiger partial charge in [-0.25, -0.2) is 4.79 Å². The highest BCUT2D eigenvalue weighted by Gasteiger charge is 2.28. The van der Waals surface area contributed by atoms with Crippen molar-refractivity contribution in [3.05, 3.63) is 40.7 Å². The van der Waals surface area contributed by atoms with Crippen LogP contribution in [0.3, 0.4) is 0 Å². The number of nitriles is 1. The molecule has 0 radical (unpaired) electrons. The van der Waals surface area contributed by atoms with E-state index in [-0.39, 0.29) is 5.97 Å². The number of methoxy groups -OCH3 is 1. The lowest BCUT2D eigenvalue weighted by atomic mass is 9.98. The molecular weight excluding hydrogens is 316 g/mol. The van der Waals surface area contributed by atoms with E-state index >= 15 is 0 Å². The summed E-state index contributed by atoms with van der Waals surface area (Å²) in [7, 11) is 1.65. The van der Waals surface area contributed by atoms with Crippen LogP contribution in [0.15, 0.2) is 29.5 Å². The average molecular weight is 340 g/mol. The van der Waals surface area contributed by atoms with Gasteiger partial charge in [0.05, 0.1) is 30.9 Å². The van der Waals surface area contributed by atoms with Crippen LogP contribution in [-0.2, 0) is 15.9 Å². The van der Waals surface area contributed by atoms with Crippen molar-refractivity contribution in [1.82, 2.24) is 0 Å². The predicted molar refractivity (Wildman–Crippen MR) is 95.3 cm³/mol. The summed E-state index contributed by atoms with van der Waals surface area (Å²) in [5.41, 5.74) is 3.84. The Bertz CT molecular complexity index is 733. The summed E-state index contributed by atoms with van der Waals surface area (Å²) < 4.78 is 10.4. The summed E-state index contributed by atoms with van der Waals surface area (Å²) in [6.07, 6.45) is 3.75. The molecule has 0 aromatic heterocycles. The van der Waals surface area contributed by atoms with Crippen LogP contribution in [-0.4, -0.2) is 32.8 Å². The SMILES string of the molecule is CCOC(=O)c1ccc2c(c1)CCN2CCC1CCC(OC)=C1C#N. The number of carbonyl (C=O) groups excluding carboxylic acids is 1. The topological polar surface area (TPSA) is 62.6 Å². The largest absolute Gasteiger partial charge is 0.500 e. The number of benzene rings is 1. The monoisotopic (exact) mass is 340 g/mol. The van der Waals surface area contributed by atoms with E-state index in [0.29, 0.717) is 18.1 Å². The van der Waals surface area contributed by atoms with E-state index in [4.69, 9.17) is 9.47 Å². The van der Waals surface area contributed by atoms with Gasteiger partial charge in [-0.1, -0.05) is 0 Å². The summed E-state index contributed by atoms with van der Waals surface area (Å²) in [5.74, 6) is 0.891. The maximum atomic E-state index is 11.9. The summed E-state index contributed by atoms with van der Waals surface area (Å²) in [6.45, 7) is 4.08. The molecule has 0 amide bonds. The molecule has 0 spiro atoms. The van der Waals surface area contributed by atoms with Crippen molar-refractivity contribution >= 4 is 11.7 Å². The molecule has 2 aliphatic rings. The van der Waals surface area contributed by atoms with Crippen molar-refractivity contribution < 1.29 is 14.3 Å². The number of esters is 1. The van der Waals surface area contributed by atoms with Crippen molar-refractivity contribution in [1.29, 1.82) is 5.26 Å². The van der Waals surface area contributed by atoms with Crippen LogP contribution in [0.1, 0.15) is 42.1 Å². The molecule has 1 atom stereocenters. The number of carbonyl (C=O) groups is 1. The predicted octanol–water partition coefficient (Wildman–Crippen LogP) is 3.45. The number of nitrogens with zero attached hydrogens (tertiary/aromatic N) is 2. The molecule has 1 aliphatic heterocycles. The fourth-order valence-electron chi connectivity index (χ4n) is 3.82. The number of hydrogen-bond acceptors (Lipinski definition) is 5. The Kier molecular flexibility index (Phi) is 5.28. The second kappa shape index (κ2) is 7.60. The van der Waals surface area contributed by atoms with Gasteiger partial charge in [-0.05, 0) is 55.9 Å². The molecule has 5 nitrogen and oxygen atoms in total. The van der Waals surface area contributed by atoms with Gasteiger partial charge in [0.1, 0.15) is 5.76 Å². The zero-order valence-electron chi connectivity index (χ0n) is 14.9. The van der Waals surface area contributed by atoms with E-state index in [9.17, 15) is 10.1 Å². The Labute approximate surface area is 148 Å². The number of rotatable bonds is 6. The third-order valence-corrected chi connectivity index (χ3v) is 5.13. The molecule has 3 rings (SSSR count). The molecule has 1 unspecified atom stereocenters. The fraction of sp³-hybridized carbons (Fsp3) is 0.500. The van der Waals surface area contributed by atoms with Crippen molar-refractivity contribution in [3.8, 4) is 6.07 Å². The second-order valence-corrected chi connectivity index (χ2v) is 6.48. The van der Waals surface area contributed by atoms with Crippen LogP contribution in [0.2, 0.25) is 0 Å². The van der Waals surface area contributed by atoms with E-state index in [1.807, 2.05) is 25.1 Å². The first-order chi connectivity index (χ1) is 12.2. The molecule has 25 heavy (non-hydrogen) atoms. The summed E-state index contributed by atoms with van der Waals surface area (Å²) >= 11 is 0. The lowest BCUT2D eigenvalue weighted by Gasteiger charge is -2.21. The highest BCUT2D eigenvalue weighted by atomic mass is 16.5. The third-order valence-electron chi connectivity index (χ3n) is 5.13. The van der Waals surface area contributed by atoms with Crippen LogP contribution in [0.4, 0.5) is 5.69 Å². The second-order valence-electron chi connectivity index (χ2n) is 6.48. The summed E-state index contributed by atoms with van der Waals surface area (Å²) in [6, 6.07) is 8.14. The average Bonchev–Trinajstić information content (AvgIpc) is 3.22. The Morgan fingerprint density at radius 1 is 1.40 bits per heavy atom. The highest BCUT2D eigenvalue weighted by molar-refractivity contribution is 5.90. The Hall–Kier alpha value is -2.48. The first-order valence-electron chi connectivity index (χ1n) is 8.90. The Morgan fingerprint density at radius 2 is 2.24 bits per heavy atom. The van der Waals surface area contributed by atoms with Crippen LogP contribution in [0, 0.1) is 17.2 Å². The fourth-order valence-corrected chi connectivity index (χ4v) is 3.82. The molecule has 132 valence electrons. The van der Waals surface area contributed by atoms with Crippen molar-refractivity contribution in [2.24, 2.45) is 5.92 Å². The quantitative estimate of drug-likeness (QED) is 0.742. The number of allylic oxidation sites excluding steroid dienone is 2. The van der Waals surface area contributed by atoms with Crippen LogP contribution >= 0.6 is 0 Å². The minimum atomic E-state index is -0.259. The maximum absolute atomic E-state index is 11.9. The summed E-state index contributed by atoms with van der Waals surface area (Å²) in [5, 5.41) is 9.37. The first kappa shape index (κ1) is 17.3. The third kappa shape index (κ3) is 3.48. The van der Waals surface area contributed by atoms with Crippen molar-refractivity contribution in [2.75, 3.05) is 31.7 Å². The van der Waals surface area contributed by atoms with Gasteiger partial charge in [-0.3, -0.25) is 0 Å². The molecule has 0 saturated heterocycles. The minimum Gasteiger partial charge on any atom is -0.500 e. The standard InChI is InChI=1S/C20H24N2O3/c1-3-25-20(23)16-4-6-18-15(12-16)9-11-22(18)10-8-14-5-7-19(24-2)17(14)13-21/h4,6,12,14H,3,5,7-11H2,1-2H3. The molecule has 0 bridgehead atoms. The van der Waals surface area contributed by atoms with E-state index < -0.39 is 0 Å². The van der Waals surface area contributed by atoms with Crippen LogP contribution in [0.25, 0.3) is 0 Å². The highest BCUT2D eigenvalue weighted by Crippen LogP contribution is 2.36. The summed E-state index contributed by atoms with van der Waals surface area (Å²) in [4.78, 5) is 14.2. The zero-order chi connectivity index (χ0) is 17.8. The van der Waals surface area contributed by atoms with Gasteiger partial charge in [-0.15, -0.1) is 0 Å². The lowest BCUT2D eigenvalue weighted by molar-refractivity contribution is 0.0526. The maximum Gasteiger partial charge on any atom is 0.338 e. The van der Waals surface area contributed by atoms with Gasteiger partial charge in [0, 0.05) is 25.2 Å². The Morgan fingerprint density at radius 3 is 2.96 bits per heavy atom. The van der Waals surface area contributed by atoms with Gasteiger partial charge < -0.3 is 14.4 Å².